The summed E-state index contributed by atoms with van der Waals surface area (Å²) < 4.78 is 2.03. The minimum Gasteiger partial charge on any atom is -0.357 e. The van der Waals surface area contributed by atoms with Crippen LogP contribution in [0.2, 0.25) is 0 Å². The zero-order chi connectivity index (χ0) is 20.3. The number of aliphatic imine (C=N–C) groups is 1. The van der Waals surface area contributed by atoms with Gasteiger partial charge in [0.15, 0.2) is 11.6 Å². The maximum absolute atomic E-state index is 12.1. The van der Waals surface area contributed by atoms with Crippen LogP contribution in [0.15, 0.2) is 29.4 Å². The smallest absolute Gasteiger partial charge is 0.222 e. The Morgan fingerprint density at radius 1 is 1.17 bits per heavy atom. The molecule has 29 heavy (non-hydrogen) atoms. The van der Waals surface area contributed by atoms with Gasteiger partial charge in [0.05, 0.1) is 0 Å². The Kier molecular flexibility index (Phi) is 8.27. The first kappa shape index (κ1) is 21.1. The van der Waals surface area contributed by atoms with Gasteiger partial charge in [0.25, 0.3) is 0 Å². The van der Waals surface area contributed by atoms with E-state index in [-0.39, 0.29) is 0 Å². The van der Waals surface area contributed by atoms with Crippen LogP contribution in [0.5, 0.6) is 0 Å². The van der Waals surface area contributed by atoms with Gasteiger partial charge in [-0.1, -0.05) is 12.5 Å². The molecule has 2 aromatic heterocycles. The van der Waals surface area contributed by atoms with Crippen LogP contribution in [0.4, 0.5) is 0 Å². The van der Waals surface area contributed by atoms with Crippen LogP contribution in [0.1, 0.15) is 51.3 Å². The van der Waals surface area contributed by atoms with Gasteiger partial charge in [-0.15, -0.1) is 10.2 Å². The van der Waals surface area contributed by atoms with Crippen LogP contribution in [0.3, 0.4) is 0 Å². The predicted octanol–water partition coefficient (Wildman–Crippen LogP) is 2.01. The SMILES string of the molecule is CCNC(=NCCCN1CCCCCC1=O)NCCCc1nnc2ccccn12. The van der Waals surface area contributed by atoms with Crippen LogP contribution >= 0.6 is 0 Å². The average molecular weight is 400 g/mol. The van der Waals surface area contributed by atoms with Gasteiger partial charge in [0.1, 0.15) is 5.82 Å². The molecule has 0 aliphatic carbocycles. The summed E-state index contributed by atoms with van der Waals surface area (Å²) in [7, 11) is 0. The third-order valence-electron chi connectivity index (χ3n) is 5.13. The van der Waals surface area contributed by atoms with Gasteiger partial charge in [-0.3, -0.25) is 14.2 Å². The number of hydrogen-bond acceptors (Lipinski definition) is 4. The number of hydrogen-bond donors (Lipinski definition) is 2. The third-order valence-corrected chi connectivity index (χ3v) is 5.13. The number of nitrogens with zero attached hydrogens (tertiary/aromatic N) is 5. The van der Waals surface area contributed by atoms with E-state index in [0.717, 1.165) is 75.7 Å². The number of carbonyl (C=O) groups excluding carboxylic acids is 1. The van der Waals surface area contributed by atoms with Crippen molar-refractivity contribution in [3.63, 3.8) is 0 Å². The second-order valence-electron chi connectivity index (χ2n) is 7.38. The monoisotopic (exact) mass is 399 g/mol. The fourth-order valence-corrected chi connectivity index (χ4v) is 3.58. The number of guanidine groups is 1. The zero-order valence-electron chi connectivity index (χ0n) is 17.4. The summed E-state index contributed by atoms with van der Waals surface area (Å²) in [5.41, 5.74) is 0.883. The van der Waals surface area contributed by atoms with Gasteiger partial charge >= 0.3 is 0 Å². The lowest BCUT2D eigenvalue weighted by atomic mass is 10.2. The highest BCUT2D eigenvalue weighted by molar-refractivity contribution is 5.79. The number of rotatable bonds is 9. The number of fused-ring (bicyclic) bond motifs is 1. The number of pyridine rings is 1. The van der Waals surface area contributed by atoms with Crippen LogP contribution in [0, 0.1) is 0 Å². The van der Waals surface area contributed by atoms with E-state index in [1.807, 2.05) is 33.7 Å². The third kappa shape index (κ3) is 6.44. The molecule has 0 atom stereocenters. The largest absolute Gasteiger partial charge is 0.357 e. The number of nitrogens with one attached hydrogen (secondary N) is 2. The molecule has 158 valence electrons. The Hall–Kier alpha value is -2.64. The summed E-state index contributed by atoms with van der Waals surface area (Å²) in [6, 6.07) is 5.92. The second kappa shape index (κ2) is 11.4. The van der Waals surface area contributed by atoms with E-state index in [2.05, 4.69) is 32.7 Å². The molecule has 0 unspecified atom stereocenters. The molecule has 1 amide bonds. The molecular formula is C21H33N7O. The molecule has 1 aliphatic rings. The Morgan fingerprint density at radius 2 is 2.10 bits per heavy atom. The van der Waals surface area contributed by atoms with Crippen LogP contribution in [-0.2, 0) is 11.2 Å². The molecule has 0 bridgehead atoms. The number of aromatic nitrogens is 3. The molecule has 0 aromatic carbocycles. The van der Waals surface area contributed by atoms with E-state index < -0.39 is 0 Å². The Morgan fingerprint density at radius 3 is 3.00 bits per heavy atom. The van der Waals surface area contributed by atoms with E-state index >= 15 is 0 Å². The quantitative estimate of drug-likeness (QED) is 0.383. The maximum atomic E-state index is 12.1. The molecule has 0 spiro atoms. The summed E-state index contributed by atoms with van der Waals surface area (Å²) in [4.78, 5) is 18.7. The number of amides is 1. The molecule has 0 radical (unpaired) electrons. The molecule has 2 N–H and O–H groups in total. The van der Waals surface area contributed by atoms with Gasteiger partial charge in [0.2, 0.25) is 5.91 Å². The number of carbonyl (C=O) groups is 1. The van der Waals surface area contributed by atoms with E-state index in [1.54, 1.807) is 0 Å². The molecule has 2 aromatic rings. The molecule has 1 fully saturated rings. The van der Waals surface area contributed by atoms with E-state index in [9.17, 15) is 4.79 Å². The van der Waals surface area contributed by atoms with E-state index in [0.29, 0.717) is 18.9 Å². The number of aryl methyl sites for hydroxylation is 1. The van der Waals surface area contributed by atoms with E-state index in [4.69, 9.17) is 0 Å². The van der Waals surface area contributed by atoms with Crippen molar-refractivity contribution in [3.8, 4) is 0 Å². The Labute approximate surface area is 172 Å². The average Bonchev–Trinajstić information content (AvgIpc) is 3.03. The van der Waals surface area contributed by atoms with Gasteiger partial charge in [-0.2, -0.15) is 0 Å². The highest BCUT2D eigenvalue weighted by Crippen LogP contribution is 2.11. The maximum Gasteiger partial charge on any atom is 0.222 e. The van der Waals surface area contributed by atoms with Crippen molar-refractivity contribution in [1.82, 2.24) is 30.1 Å². The van der Waals surface area contributed by atoms with Crippen molar-refractivity contribution >= 4 is 17.5 Å². The van der Waals surface area contributed by atoms with Gasteiger partial charge in [-0.05, 0) is 44.7 Å². The first-order valence-electron chi connectivity index (χ1n) is 10.9. The molecule has 3 rings (SSSR count). The second-order valence-corrected chi connectivity index (χ2v) is 7.38. The van der Waals surface area contributed by atoms with E-state index in [1.165, 1.54) is 6.42 Å². The highest BCUT2D eigenvalue weighted by atomic mass is 16.2. The fraction of sp³-hybridized carbons (Fsp3) is 0.619. The normalized spacial score (nSPS) is 15.6. The van der Waals surface area contributed by atoms with Crippen molar-refractivity contribution < 1.29 is 4.79 Å². The van der Waals surface area contributed by atoms with Crippen LogP contribution < -0.4 is 10.6 Å². The topological polar surface area (TPSA) is 86.9 Å². The van der Waals surface area contributed by atoms with Crippen molar-refractivity contribution in [2.75, 3.05) is 32.7 Å². The Balaban J connectivity index is 1.39. The minimum atomic E-state index is 0.303. The molecule has 3 heterocycles. The van der Waals surface area contributed by atoms with Crippen LogP contribution in [-0.4, -0.2) is 64.1 Å². The predicted molar refractivity (Wildman–Crippen MR) is 115 cm³/mol. The summed E-state index contributed by atoms with van der Waals surface area (Å²) >= 11 is 0. The lowest BCUT2D eigenvalue weighted by molar-refractivity contribution is -0.130. The molecule has 1 saturated heterocycles. The van der Waals surface area contributed by atoms with Gasteiger partial charge < -0.3 is 15.5 Å². The molecule has 1 aliphatic heterocycles. The highest BCUT2D eigenvalue weighted by Gasteiger charge is 2.15. The summed E-state index contributed by atoms with van der Waals surface area (Å²) in [5, 5.41) is 15.1. The van der Waals surface area contributed by atoms with Crippen molar-refractivity contribution in [2.24, 2.45) is 4.99 Å². The lowest BCUT2D eigenvalue weighted by Gasteiger charge is -2.20. The molecular weight excluding hydrogens is 366 g/mol. The first-order valence-corrected chi connectivity index (χ1v) is 10.9. The summed E-state index contributed by atoms with van der Waals surface area (Å²) in [6.45, 7) is 6.13. The van der Waals surface area contributed by atoms with Crippen molar-refractivity contribution in [2.45, 2.75) is 51.9 Å². The van der Waals surface area contributed by atoms with Crippen molar-refractivity contribution in [1.29, 1.82) is 0 Å². The summed E-state index contributed by atoms with van der Waals surface area (Å²) in [6.07, 6.45) is 8.73. The number of likely N-dealkylation sites (tertiary alicyclic amines) is 1. The van der Waals surface area contributed by atoms with Gasteiger partial charge in [0, 0.05) is 51.8 Å². The minimum absolute atomic E-state index is 0.303. The van der Waals surface area contributed by atoms with Crippen LogP contribution in [0.25, 0.3) is 5.65 Å². The lowest BCUT2D eigenvalue weighted by Crippen LogP contribution is -2.38. The van der Waals surface area contributed by atoms with Gasteiger partial charge in [-0.25, -0.2) is 0 Å². The fourth-order valence-electron chi connectivity index (χ4n) is 3.58. The first-order chi connectivity index (χ1) is 14.3. The van der Waals surface area contributed by atoms with Crippen molar-refractivity contribution in [3.05, 3.63) is 30.2 Å². The standard InChI is InChI=1S/C21H33N7O/c1-2-22-21(24-14-9-16-27-15-6-3-4-12-20(27)29)23-13-8-11-19-26-25-18-10-5-7-17-28(18)19/h5,7,10,17H,2-4,6,8-9,11-16H2,1H3,(H2,22,23,24). The molecule has 8 nitrogen and oxygen atoms in total. The molecule has 0 saturated carbocycles. The Bertz CT molecular complexity index is 801. The molecule has 8 heteroatoms. The summed E-state index contributed by atoms with van der Waals surface area (Å²) in [5.74, 6) is 2.12. The zero-order valence-corrected chi connectivity index (χ0v) is 17.4.